The second-order valence-electron chi connectivity index (χ2n) is 8.52. The Morgan fingerprint density at radius 1 is 1.23 bits per heavy atom. The van der Waals surface area contributed by atoms with E-state index < -0.39 is 17.7 Å². The SMILES string of the molecule is CCCc1cc(=O)oc2cc(C)cc(O[C@@H](C)C(=O)NCC3CCC(C(=O)[O-])CC3)c12. The summed E-state index contributed by atoms with van der Waals surface area (Å²) in [4.78, 5) is 35.5. The summed E-state index contributed by atoms with van der Waals surface area (Å²) in [7, 11) is 0. The van der Waals surface area contributed by atoms with Crippen LogP contribution in [-0.4, -0.2) is 24.5 Å². The third-order valence-electron chi connectivity index (χ3n) is 5.97. The second kappa shape index (κ2) is 9.98. The van der Waals surface area contributed by atoms with Gasteiger partial charge in [-0.2, -0.15) is 0 Å². The highest BCUT2D eigenvalue weighted by Gasteiger charge is 2.24. The number of fused-ring (bicyclic) bond motifs is 1. The maximum Gasteiger partial charge on any atom is 0.336 e. The van der Waals surface area contributed by atoms with Crippen molar-refractivity contribution in [2.24, 2.45) is 11.8 Å². The fourth-order valence-electron chi connectivity index (χ4n) is 4.26. The van der Waals surface area contributed by atoms with E-state index in [0.717, 1.165) is 35.8 Å². The maximum atomic E-state index is 12.6. The number of aliphatic carboxylic acids is 1. The van der Waals surface area contributed by atoms with Crippen LogP contribution in [0.15, 0.2) is 27.4 Å². The summed E-state index contributed by atoms with van der Waals surface area (Å²) in [6, 6.07) is 5.14. The summed E-state index contributed by atoms with van der Waals surface area (Å²) in [5.74, 6) is -0.795. The molecule has 0 spiro atoms. The third kappa shape index (κ3) is 5.66. The Morgan fingerprint density at radius 3 is 2.58 bits per heavy atom. The summed E-state index contributed by atoms with van der Waals surface area (Å²) in [5, 5.41) is 14.6. The number of nitrogens with one attached hydrogen (secondary N) is 1. The third-order valence-corrected chi connectivity index (χ3v) is 5.97. The quantitative estimate of drug-likeness (QED) is 0.647. The molecule has 1 fully saturated rings. The minimum Gasteiger partial charge on any atom is -0.550 e. The molecule has 2 aromatic rings. The lowest BCUT2D eigenvalue weighted by molar-refractivity contribution is -0.312. The van der Waals surface area contributed by atoms with Gasteiger partial charge >= 0.3 is 5.63 Å². The number of carboxylic acids is 1. The van der Waals surface area contributed by atoms with Gasteiger partial charge in [-0.15, -0.1) is 0 Å². The molecule has 1 aromatic carbocycles. The molecule has 168 valence electrons. The lowest BCUT2D eigenvalue weighted by atomic mass is 9.82. The van der Waals surface area contributed by atoms with Gasteiger partial charge in [-0.05, 0) is 81.0 Å². The predicted octanol–water partition coefficient (Wildman–Crippen LogP) is 2.49. The number of hydrogen-bond donors (Lipinski definition) is 1. The number of hydrogen-bond acceptors (Lipinski definition) is 6. The molecule has 1 aromatic heterocycles. The molecular weight excluding hydrogens is 398 g/mol. The zero-order chi connectivity index (χ0) is 22.5. The lowest BCUT2D eigenvalue weighted by Gasteiger charge is -2.29. The van der Waals surface area contributed by atoms with Crippen LogP contribution in [0, 0.1) is 18.8 Å². The number of ether oxygens (including phenoxy) is 1. The number of aryl methyl sites for hydroxylation is 2. The molecule has 0 radical (unpaired) electrons. The molecule has 1 N–H and O–H groups in total. The van der Waals surface area contributed by atoms with Gasteiger partial charge in [-0.3, -0.25) is 4.79 Å². The molecule has 0 bridgehead atoms. The normalized spacial score (nSPS) is 19.7. The largest absolute Gasteiger partial charge is 0.550 e. The van der Waals surface area contributed by atoms with Gasteiger partial charge in [0, 0.05) is 18.6 Å². The minimum atomic E-state index is -0.979. The molecule has 3 rings (SSSR count). The molecule has 1 amide bonds. The van der Waals surface area contributed by atoms with Crippen LogP contribution in [0.25, 0.3) is 11.0 Å². The van der Waals surface area contributed by atoms with E-state index in [1.807, 2.05) is 19.9 Å². The standard InChI is InChI=1S/C24H31NO6/c1-4-5-18-12-21(26)31-20-11-14(2)10-19(22(18)20)30-15(3)23(27)25-13-16-6-8-17(9-7-16)24(28)29/h10-12,15-17H,4-9,13H2,1-3H3,(H,25,27)(H,28,29)/p-1/t15-,16?,17?/m0/s1. The summed E-state index contributed by atoms with van der Waals surface area (Å²) < 4.78 is 11.4. The van der Waals surface area contributed by atoms with Crippen molar-refractivity contribution in [2.75, 3.05) is 6.54 Å². The molecule has 0 unspecified atom stereocenters. The average Bonchev–Trinajstić information content (AvgIpc) is 2.71. The number of rotatable bonds is 8. The molecule has 1 atom stereocenters. The van der Waals surface area contributed by atoms with Gasteiger partial charge in [-0.1, -0.05) is 13.3 Å². The van der Waals surface area contributed by atoms with E-state index in [9.17, 15) is 19.5 Å². The molecule has 1 aliphatic carbocycles. The number of carbonyl (C=O) groups is 2. The molecule has 0 aliphatic heterocycles. The number of carboxylic acid groups (broad SMARTS) is 1. The Balaban J connectivity index is 1.68. The van der Waals surface area contributed by atoms with Gasteiger partial charge in [0.2, 0.25) is 0 Å². The van der Waals surface area contributed by atoms with Gasteiger partial charge in [0.25, 0.3) is 5.91 Å². The second-order valence-corrected chi connectivity index (χ2v) is 8.52. The smallest absolute Gasteiger partial charge is 0.336 e. The minimum absolute atomic E-state index is 0.230. The van der Waals surface area contributed by atoms with Crippen LogP contribution in [0.3, 0.4) is 0 Å². The zero-order valence-electron chi connectivity index (χ0n) is 18.4. The Kier molecular flexibility index (Phi) is 7.36. The van der Waals surface area contributed by atoms with Crippen molar-refractivity contribution in [3.63, 3.8) is 0 Å². The van der Waals surface area contributed by atoms with Gasteiger partial charge in [0.05, 0.1) is 5.39 Å². The molecule has 1 aliphatic rings. The first-order valence-electron chi connectivity index (χ1n) is 11.0. The van der Waals surface area contributed by atoms with Crippen molar-refractivity contribution in [2.45, 2.75) is 65.4 Å². The van der Waals surface area contributed by atoms with Crippen LogP contribution in [0.4, 0.5) is 0 Å². The molecule has 31 heavy (non-hydrogen) atoms. The van der Waals surface area contributed by atoms with Gasteiger partial charge in [0.1, 0.15) is 11.3 Å². The first-order chi connectivity index (χ1) is 14.8. The van der Waals surface area contributed by atoms with E-state index in [1.165, 1.54) is 6.07 Å². The fraction of sp³-hybridized carbons (Fsp3) is 0.542. The van der Waals surface area contributed by atoms with E-state index in [-0.39, 0.29) is 17.7 Å². The van der Waals surface area contributed by atoms with Gasteiger partial charge in [-0.25, -0.2) is 4.79 Å². The highest BCUT2D eigenvalue weighted by Crippen LogP contribution is 2.31. The molecule has 1 saturated carbocycles. The first-order valence-corrected chi connectivity index (χ1v) is 11.0. The summed E-state index contributed by atoms with van der Waals surface area (Å²) >= 11 is 0. The van der Waals surface area contributed by atoms with Crippen molar-refractivity contribution in [1.29, 1.82) is 0 Å². The van der Waals surface area contributed by atoms with E-state index >= 15 is 0 Å². The van der Waals surface area contributed by atoms with Crippen molar-refractivity contribution in [1.82, 2.24) is 5.32 Å². The van der Waals surface area contributed by atoms with Crippen LogP contribution >= 0.6 is 0 Å². The van der Waals surface area contributed by atoms with Gasteiger partial charge in [0.15, 0.2) is 6.10 Å². The van der Waals surface area contributed by atoms with E-state index in [0.29, 0.717) is 37.1 Å². The van der Waals surface area contributed by atoms with Crippen LogP contribution in [0.5, 0.6) is 5.75 Å². The Morgan fingerprint density at radius 2 is 1.94 bits per heavy atom. The molecule has 7 nitrogen and oxygen atoms in total. The molecule has 0 saturated heterocycles. The first kappa shape index (κ1) is 22.8. The van der Waals surface area contributed by atoms with E-state index in [4.69, 9.17) is 9.15 Å². The zero-order valence-corrected chi connectivity index (χ0v) is 18.4. The molecular formula is C24H30NO6-. The highest BCUT2D eigenvalue weighted by atomic mass is 16.5. The van der Waals surface area contributed by atoms with Crippen molar-refractivity contribution in [3.05, 3.63) is 39.7 Å². The monoisotopic (exact) mass is 428 g/mol. The van der Waals surface area contributed by atoms with Crippen LogP contribution in [-0.2, 0) is 16.0 Å². The van der Waals surface area contributed by atoms with Crippen molar-refractivity contribution >= 4 is 22.8 Å². The number of amides is 1. The number of carbonyl (C=O) groups excluding carboxylic acids is 2. The topological polar surface area (TPSA) is 109 Å². The summed E-state index contributed by atoms with van der Waals surface area (Å²) in [6.07, 6.45) is 3.54. The van der Waals surface area contributed by atoms with E-state index in [2.05, 4.69) is 5.32 Å². The Labute approximate surface area is 181 Å². The number of benzene rings is 1. The summed E-state index contributed by atoms with van der Waals surface area (Å²) in [5.41, 5.74) is 1.78. The van der Waals surface area contributed by atoms with Crippen LogP contribution in [0.1, 0.15) is 57.1 Å². The molecule has 1 heterocycles. The molecule has 7 heteroatoms. The van der Waals surface area contributed by atoms with Crippen molar-refractivity contribution < 1.29 is 23.8 Å². The maximum absolute atomic E-state index is 12.6. The van der Waals surface area contributed by atoms with Gasteiger partial charge < -0.3 is 24.4 Å². The summed E-state index contributed by atoms with van der Waals surface area (Å²) in [6.45, 7) is 6.10. The lowest BCUT2D eigenvalue weighted by Crippen LogP contribution is -2.40. The Hall–Kier alpha value is -2.83. The Bertz CT molecular complexity index is 1000. The van der Waals surface area contributed by atoms with Crippen LogP contribution in [0.2, 0.25) is 0 Å². The predicted molar refractivity (Wildman–Crippen MR) is 115 cm³/mol. The van der Waals surface area contributed by atoms with E-state index in [1.54, 1.807) is 13.0 Å². The average molecular weight is 429 g/mol. The highest BCUT2D eigenvalue weighted by molar-refractivity contribution is 5.88. The fourth-order valence-corrected chi connectivity index (χ4v) is 4.26. The van der Waals surface area contributed by atoms with Crippen molar-refractivity contribution in [3.8, 4) is 5.75 Å². The van der Waals surface area contributed by atoms with Crippen LogP contribution < -0.4 is 20.8 Å².